The highest BCUT2D eigenvalue weighted by Crippen LogP contribution is 2.20. The Morgan fingerprint density at radius 3 is 2.85 bits per heavy atom. The molecule has 20 heavy (non-hydrogen) atoms. The van der Waals surface area contributed by atoms with E-state index in [0.29, 0.717) is 24.8 Å². The first-order chi connectivity index (χ1) is 9.59. The summed E-state index contributed by atoms with van der Waals surface area (Å²) in [6, 6.07) is 8.16. The Labute approximate surface area is 120 Å². The van der Waals surface area contributed by atoms with Gasteiger partial charge >= 0.3 is 0 Å². The van der Waals surface area contributed by atoms with Gasteiger partial charge in [0.1, 0.15) is 0 Å². The van der Waals surface area contributed by atoms with Gasteiger partial charge in [-0.3, -0.25) is 4.72 Å². The molecule has 0 saturated heterocycles. The van der Waals surface area contributed by atoms with E-state index in [9.17, 15) is 8.42 Å². The number of hydrogen-bond donors (Lipinski definition) is 2. The molecule has 0 atom stereocenters. The Bertz CT molecular complexity index is 527. The van der Waals surface area contributed by atoms with E-state index in [1.165, 1.54) is 12.8 Å². The highest BCUT2D eigenvalue weighted by atomic mass is 32.2. The second-order valence-electron chi connectivity index (χ2n) is 5.12. The quantitative estimate of drug-likeness (QED) is 0.681. The number of rotatable bonds is 9. The maximum Gasteiger partial charge on any atom is 0.232 e. The van der Waals surface area contributed by atoms with Crippen LogP contribution in [0.15, 0.2) is 24.3 Å². The van der Waals surface area contributed by atoms with Crippen LogP contribution in [-0.2, 0) is 21.3 Å². The van der Waals surface area contributed by atoms with Gasteiger partial charge in [-0.2, -0.15) is 0 Å². The standard InChI is InChI=1S/C14H22N2O3S/c1-19-8-3-9-20(17,18)16-14-5-2-4-12(10-14)11-15-13-6-7-13/h2,4-5,10,13,15-16H,3,6-9,11H2,1H3. The third-order valence-corrected chi connectivity index (χ3v) is 4.51. The minimum atomic E-state index is -3.29. The fourth-order valence-corrected chi connectivity index (χ4v) is 3.00. The summed E-state index contributed by atoms with van der Waals surface area (Å²) >= 11 is 0. The van der Waals surface area contributed by atoms with Crippen molar-refractivity contribution in [3.05, 3.63) is 29.8 Å². The molecule has 112 valence electrons. The van der Waals surface area contributed by atoms with Gasteiger partial charge in [-0.25, -0.2) is 8.42 Å². The van der Waals surface area contributed by atoms with Gasteiger partial charge < -0.3 is 10.1 Å². The highest BCUT2D eigenvalue weighted by Gasteiger charge is 2.20. The lowest BCUT2D eigenvalue weighted by Crippen LogP contribution is -2.18. The van der Waals surface area contributed by atoms with Crippen molar-refractivity contribution < 1.29 is 13.2 Å². The number of sulfonamides is 1. The fourth-order valence-electron chi connectivity index (χ4n) is 1.92. The van der Waals surface area contributed by atoms with E-state index in [4.69, 9.17) is 4.74 Å². The van der Waals surface area contributed by atoms with Crippen molar-refractivity contribution in [2.75, 3.05) is 24.2 Å². The number of benzene rings is 1. The molecule has 0 radical (unpaired) electrons. The molecule has 1 saturated carbocycles. The van der Waals surface area contributed by atoms with Crippen LogP contribution >= 0.6 is 0 Å². The minimum Gasteiger partial charge on any atom is -0.385 e. The van der Waals surface area contributed by atoms with Gasteiger partial charge in [0.25, 0.3) is 0 Å². The number of nitrogens with one attached hydrogen (secondary N) is 2. The first-order valence-corrected chi connectivity index (χ1v) is 8.56. The van der Waals surface area contributed by atoms with Crippen LogP contribution in [0.4, 0.5) is 5.69 Å². The topological polar surface area (TPSA) is 67.4 Å². The van der Waals surface area contributed by atoms with Gasteiger partial charge in [-0.05, 0) is 37.0 Å². The van der Waals surface area contributed by atoms with Crippen molar-refractivity contribution >= 4 is 15.7 Å². The average Bonchev–Trinajstić information content (AvgIpc) is 3.20. The summed E-state index contributed by atoms with van der Waals surface area (Å²) in [6.07, 6.45) is 2.98. The maximum absolute atomic E-state index is 11.9. The number of anilines is 1. The van der Waals surface area contributed by atoms with Gasteiger partial charge in [0, 0.05) is 32.0 Å². The molecule has 2 rings (SSSR count). The first kappa shape index (κ1) is 15.3. The number of methoxy groups -OCH3 is 1. The molecule has 0 amide bonds. The lowest BCUT2D eigenvalue weighted by molar-refractivity contribution is 0.199. The minimum absolute atomic E-state index is 0.0748. The molecule has 6 heteroatoms. The SMILES string of the molecule is COCCCS(=O)(=O)Nc1cccc(CNC2CC2)c1. The predicted octanol–water partition coefficient (Wildman–Crippen LogP) is 1.72. The van der Waals surface area contributed by atoms with Gasteiger partial charge in [-0.15, -0.1) is 0 Å². The summed E-state index contributed by atoms with van der Waals surface area (Å²) in [7, 11) is -1.73. The lowest BCUT2D eigenvalue weighted by atomic mass is 10.2. The van der Waals surface area contributed by atoms with Crippen molar-refractivity contribution in [3.63, 3.8) is 0 Å². The normalized spacial score (nSPS) is 15.2. The molecular formula is C14H22N2O3S. The fraction of sp³-hybridized carbons (Fsp3) is 0.571. The molecular weight excluding hydrogens is 276 g/mol. The van der Waals surface area contributed by atoms with Crippen molar-refractivity contribution in [1.29, 1.82) is 0 Å². The lowest BCUT2D eigenvalue weighted by Gasteiger charge is -2.10. The first-order valence-electron chi connectivity index (χ1n) is 6.91. The number of hydrogen-bond acceptors (Lipinski definition) is 4. The van der Waals surface area contributed by atoms with E-state index in [1.54, 1.807) is 13.2 Å². The Hall–Kier alpha value is -1.11. The van der Waals surface area contributed by atoms with Gasteiger partial charge in [0.2, 0.25) is 10.0 Å². The van der Waals surface area contributed by atoms with Gasteiger partial charge in [-0.1, -0.05) is 12.1 Å². The summed E-state index contributed by atoms with van der Waals surface area (Å²) in [5.74, 6) is 0.0748. The average molecular weight is 298 g/mol. The molecule has 1 aromatic carbocycles. The van der Waals surface area contributed by atoms with Crippen LogP contribution in [0, 0.1) is 0 Å². The van der Waals surface area contributed by atoms with Crippen LogP contribution in [0.5, 0.6) is 0 Å². The molecule has 0 aromatic heterocycles. The third kappa shape index (κ3) is 5.48. The van der Waals surface area contributed by atoms with Crippen LogP contribution < -0.4 is 10.0 Å². The van der Waals surface area contributed by atoms with E-state index in [-0.39, 0.29) is 5.75 Å². The van der Waals surface area contributed by atoms with Gasteiger partial charge in [0.15, 0.2) is 0 Å². The molecule has 2 N–H and O–H groups in total. The van der Waals surface area contributed by atoms with Crippen LogP contribution in [0.3, 0.4) is 0 Å². The molecule has 0 unspecified atom stereocenters. The summed E-state index contributed by atoms with van der Waals surface area (Å²) in [6.45, 7) is 1.23. The Kier molecular flexibility index (Phi) is 5.39. The Morgan fingerprint density at radius 1 is 1.35 bits per heavy atom. The molecule has 0 spiro atoms. The highest BCUT2D eigenvalue weighted by molar-refractivity contribution is 7.92. The van der Waals surface area contributed by atoms with Crippen LogP contribution in [0.25, 0.3) is 0 Å². The molecule has 1 aromatic rings. The van der Waals surface area contributed by atoms with E-state index in [1.807, 2.05) is 18.2 Å². The predicted molar refractivity (Wildman–Crippen MR) is 80.2 cm³/mol. The summed E-state index contributed by atoms with van der Waals surface area (Å²) in [5, 5.41) is 3.41. The van der Waals surface area contributed by atoms with Crippen molar-refractivity contribution in [1.82, 2.24) is 5.32 Å². The third-order valence-electron chi connectivity index (χ3n) is 3.13. The van der Waals surface area contributed by atoms with Crippen LogP contribution in [0.2, 0.25) is 0 Å². The van der Waals surface area contributed by atoms with E-state index >= 15 is 0 Å². The second kappa shape index (κ2) is 7.06. The monoisotopic (exact) mass is 298 g/mol. The van der Waals surface area contributed by atoms with E-state index < -0.39 is 10.0 Å². The Morgan fingerprint density at radius 2 is 2.15 bits per heavy atom. The zero-order valence-electron chi connectivity index (χ0n) is 11.8. The zero-order chi connectivity index (χ0) is 14.4. The second-order valence-corrected chi connectivity index (χ2v) is 6.96. The summed E-state index contributed by atoms with van der Waals surface area (Å²) in [4.78, 5) is 0. The number of ether oxygens (including phenoxy) is 1. The molecule has 1 fully saturated rings. The van der Waals surface area contributed by atoms with Crippen LogP contribution in [0.1, 0.15) is 24.8 Å². The Balaban J connectivity index is 1.88. The van der Waals surface area contributed by atoms with Gasteiger partial charge in [0.05, 0.1) is 5.75 Å². The van der Waals surface area contributed by atoms with E-state index in [0.717, 1.165) is 12.1 Å². The molecule has 0 bridgehead atoms. The van der Waals surface area contributed by atoms with Crippen molar-refractivity contribution in [3.8, 4) is 0 Å². The molecule has 1 aliphatic carbocycles. The van der Waals surface area contributed by atoms with Crippen molar-refractivity contribution in [2.45, 2.75) is 31.8 Å². The smallest absolute Gasteiger partial charge is 0.232 e. The summed E-state index contributed by atoms with van der Waals surface area (Å²) in [5.41, 5.74) is 1.71. The molecule has 0 aliphatic heterocycles. The molecule has 5 nitrogen and oxygen atoms in total. The van der Waals surface area contributed by atoms with E-state index in [2.05, 4.69) is 10.0 Å². The molecule has 1 aliphatic rings. The van der Waals surface area contributed by atoms with Crippen LogP contribution in [-0.4, -0.2) is 33.9 Å². The maximum atomic E-state index is 11.9. The summed E-state index contributed by atoms with van der Waals surface area (Å²) < 4.78 is 31.2. The molecule has 0 heterocycles. The largest absolute Gasteiger partial charge is 0.385 e. The van der Waals surface area contributed by atoms with Crippen molar-refractivity contribution in [2.24, 2.45) is 0 Å². The zero-order valence-corrected chi connectivity index (χ0v) is 12.6.